The molecule has 1 aliphatic heterocycles. The zero-order valence-electron chi connectivity index (χ0n) is 12.4. The van der Waals surface area contributed by atoms with Gasteiger partial charge in [-0.2, -0.15) is 5.10 Å². The van der Waals surface area contributed by atoms with E-state index in [9.17, 15) is 9.59 Å². The molecule has 0 aromatic carbocycles. The highest BCUT2D eigenvalue weighted by molar-refractivity contribution is 6.39. The summed E-state index contributed by atoms with van der Waals surface area (Å²) in [6.07, 6.45) is 6.70. The van der Waals surface area contributed by atoms with E-state index in [0.29, 0.717) is 25.1 Å². The Morgan fingerprint density at radius 1 is 1.30 bits per heavy atom. The minimum Gasteiger partial charge on any atom is -0.349 e. The molecule has 6 nitrogen and oxygen atoms in total. The second-order valence-electron chi connectivity index (χ2n) is 5.96. The molecular formula is C14H24N4O2. The number of hydrazone groups is 1. The fraction of sp³-hybridized carbons (Fsp3) is 0.786. The van der Waals surface area contributed by atoms with Gasteiger partial charge in [0.1, 0.15) is 5.71 Å². The van der Waals surface area contributed by atoms with Crippen LogP contribution in [-0.2, 0) is 9.59 Å². The van der Waals surface area contributed by atoms with Crippen LogP contribution in [0.3, 0.4) is 0 Å². The van der Waals surface area contributed by atoms with E-state index < -0.39 is 0 Å². The number of carbonyl (C=O) groups is 2. The van der Waals surface area contributed by atoms with Crippen LogP contribution in [0.5, 0.6) is 0 Å². The molecule has 1 heterocycles. The Hall–Kier alpha value is -1.43. The van der Waals surface area contributed by atoms with E-state index in [0.717, 1.165) is 12.8 Å². The Kier molecular flexibility index (Phi) is 4.75. The van der Waals surface area contributed by atoms with Crippen LogP contribution >= 0.6 is 0 Å². The monoisotopic (exact) mass is 280 g/mol. The number of nitrogens with one attached hydrogen (secondary N) is 2. The summed E-state index contributed by atoms with van der Waals surface area (Å²) in [6.45, 7) is 0.645. The lowest BCUT2D eigenvalue weighted by atomic mass is 9.80. The van der Waals surface area contributed by atoms with Crippen LogP contribution in [0.2, 0.25) is 0 Å². The van der Waals surface area contributed by atoms with Crippen molar-refractivity contribution in [1.82, 2.24) is 15.6 Å². The molecule has 0 unspecified atom stereocenters. The molecule has 1 fully saturated rings. The molecule has 0 bridgehead atoms. The van der Waals surface area contributed by atoms with Gasteiger partial charge in [-0.3, -0.25) is 9.59 Å². The van der Waals surface area contributed by atoms with Crippen molar-refractivity contribution in [3.8, 4) is 0 Å². The van der Waals surface area contributed by atoms with Gasteiger partial charge in [0.2, 0.25) is 5.91 Å². The summed E-state index contributed by atoms with van der Waals surface area (Å²) in [5, 5.41) is 6.83. The predicted octanol–water partition coefficient (Wildman–Crippen LogP) is 0.633. The Bertz CT molecular complexity index is 411. The zero-order valence-corrected chi connectivity index (χ0v) is 12.4. The normalized spacial score (nSPS) is 22.1. The average Bonchev–Trinajstić information content (AvgIpc) is 2.46. The predicted molar refractivity (Wildman–Crippen MR) is 77.3 cm³/mol. The van der Waals surface area contributed by atoms with E-state index in [4.69, 9.17) is 0 Å². The Morgan fingerprint density at radius 2 is 2.00 bits per heavy atom. The SMILES string of the molecule is CN(C)C1(CNC(=O)C2=NNC(=O)CC2)CCCCC1. The zero-order chi connectivity index (χ0) is 14.6. The second kappa shape index (κ2) is 6.35. The van der Waals surface area contributed by atoms with E-state index in [1.807, 2.05) is 0 Å². The molecular weight excluding hydrogens is 256 g/mol. The fourth-order valence-corrected chi connectivity index (χ4v) is 2.98. The minimum atomic E-state index is -0.156. The average molecular weight is 280 g/mol. The van der Waals surface area contributed by atoms with Gasteiger partial charge in [-0.25, -0.2) is 5.43 Å². The molecule has 2 rings (SSSR count). The third kappa shape index (κ3) is 3.36. The van der Waals surface area contributed by atoms with Gasteiger partial charge in [-0.15, -0.1) is 0 Å². The summed E-state index contributed by atoms with van der Waals surface area (Å²) in [5.41, 5.74) is 2.85. The summed E-state index contributed by atoms with van der Waals surface area (Å²) < 4.78 is 0. The Balaban J connectivity index is 1.92. The molecule has 2 aliphatic rings. The number of hydrogen-bond acceptors (Lipinski definition) is 4. The van der Waals surface area contributed by atoms with Crippen molar-refractivity contribution in [2.24, 2.45) is 5.10 Å². The summed E-state index contributed by atoms with van der Waals surface area (Å²) in [4.78, 5) is 25.4. The van der Waals surface area contributed by atoms with Crippen molar-refractivity contribution in [2.75, 3.05) is 20.6 Å². The maximum Gasteiger partial charge on any atom is 0.267 e. The molecule has 2 amide bonds. The molecule has 0 radical (unpaired) electrons. The van der Waals surface area contributed by atoms with Gasteiger partial charge >= 0.3 is 0 Å². The van der Waals surface area contributed by atoms with Crippen molar-refractivity contribution in [1.29, 1.82) is 0 Å². The van der Waals surface area contributed by atoms with Crippen LogP contribution in [0.1, 0.15) is 44.9 Å². The largest absolute Gasteiger partial charge is 0.349 e. The Morgan fingerprint density at radius 3 is 2.55 bits per heavy atom. The first-order chi connectivity index (χ1) is 9.53. The molecule has 0 aromatic rings. The van der Waals surface area contributed by atoms with Crippen LogP contribution in [0.4, 0.5) is 0 Å². The van der Waals surface area contributed by atoms with Gasteiger partial charge in [-0.05, 0) is 26.9 Å². The van der Waals surface area contributed by atoms with Gasteiger partial charge in [0, 0.05) is 24.9 Å². The first-order valence-electron chi connectivity index (χ1n) is 7.34. The first-order valence-corrected chi connectivity index (χ1v) is 7.34. The molecule has 0 saturated heterocycles. The van der Waals surface area contributed by atoms with Gasteiger partial charge in [-0.1, -0.05) is 19.3 Å². The Labute approximate surface area is 120 Å². The highest BCUT2D eigenvalue weighted by atomic mass is 16.2. The summed E-state index contributed by atoms with van der Waals surface area (Å²) >= 11 is 0. The topological polar surface area (TPSA) is 73.8 Å². The standard InChI is InChI=1S/C14H24N4O2/c1-18(2)14(8-4-3-5-9-14)10-15-13(20)11-6-7-12(19)17-16-11/h3-10H2,1-2H3,(H,15,20)(H,17,19). The number of likely N-dealkylation sites (N-methyl/N-ethyl adjacent to an activating group) is 1. The summed E-state index contributed by atoms with van der Waals surface area (Å²) in [5.74, 6) is -0.282. The van der Waals surface area contributed by atoms with Crippen LogP contribution in [0.25, 0.3) is 0 Å². The molecule has 20 heavy (non-hydrogen) atoms. The summed E-state index contributed by atoms with van der Waals surface area (Å²) in [6, 6.07) is 0. The van der Waals surface area contributed by atoms with Crippen molar-refractivity contribution in [3.63, 3.8) is 0 Å². The van der Waals surface area contributed by atoms with E-state index in [1.165, 1.54) is 19.3 Å². The molecule has 1 aliphatic carbocycles. The third-order valence-corrected chi connectivity index (χ3v) is 4.48. The lowest BCUT2D eigenvalue weighted by Gasteiger charge is -2.43. The van der Waals surface area contributed by atoms with E-state index in [2.05, 4.69) is 34.8 Å². The van der Waals surface area contributed by atoms with E-state index >= 15 is 0 Å². The quantitative estimate of drug-likeness (QED) is 0.793. The molecule has 112 valence electrons. The van der Waals surface area contributed by atoms with Gasteiger partial charge in [0.15, 0.2) is 0 Å². The number of carbonyl (C=O) groups excluding carboxylic acids is 2. The van der Waals surface area contributed by atoms with E-state index in [1.54, 1.807) is 0 Å². The van der Waals surface area contributed by atoms with Crippen molar-refractivity contribution in [3.05, 3.63) is 0 Å². The maximum atomic E-state index is 12.1. The van der Waals surface area contributed by atoms with Crippen molar-refractivity contribution in [2.45, 2.75) is 50.5 Å². The molecule has 0 atom stereocenters. The van der Waals surface area contributed by atoms with E-state index in [-0.39, 0.29) is 17.4 Å². The van der Waals surface area contributed by atoms with Crippen LogP contribution in [0, 0.1) is 0 Å². The first kappa shape index (κ1) is 15.0. The summed E-state index contributed by atoms with van der Waals surface area (Å²) in [7, 11) is 4.16. The van der Waals surface area contributed by atoms with Gasteiger partial charge in [0.25, 0.3) is 5.91 Å². The number of amides is 2. The second-order valence-corrected chi connectivity index (χ2v) is 5.96. The third-order valence-electron chi connectivity index (χ3n) is 4.48. The molecule has 2 N–H and O–H groups in total. The minimum absolute atomic E-state index is 0.0619. The highest BCUT2D eigenvalue weighted by Crippen LogP contribution is 2.31. The van der Waals surface area contributed by atoms with Crippen molar-refractivity contribution < 1.29 is 9.59 Å². The lowest BCUT2D eigenvalue weighted by Crippen LogP contribution is -2.54. The van der Waals surface area contributed by atoms with Crippen LogP contribution in [-0.4, -0.2) is 48.6 Å². The number of nitrogens with zero attached hydrogens (tertiary/aromatic N) is 2. The smallest absolute Gasteiger partial charge is 0.267 e. The lowest BCUT2D eigenvalue weighted by molar-refractivity contribution is -0.121. The van der Waals surface area contributed by atoms with Gasteiger partial charge < -0.3 is 10.2 Å². The highest BCUT2D eigenvalue weighted by Gasteiger charge is 2.34. The number of hydrogen-bond donors (Lipinski definition) is 2. The molecule has 6 heteroatoms. The van der Waals surface area contributed by atoms with Crippen LogP contribution in [0.15, 0.2) is 5.10 Å². The fourth-order valence-electron chi connectivity index (χ4n) is 2.98. The molecule has 0 aromatic heterocycles. The number of rotatable bonds is 4. The van der Waals surface area contributed by atoms with Gasteiger partial charge in [0.05, 0.1) is 0 Å². The maximum absolute atomic E-state index is 12.1. The van der Waals surface area contributed by atoms with Crippen molar-refractivity contribution >= 4 is 17.5 Å². The molecule has 0 spiro atoms. The van der Waals surface area contributed by atoms with Crippen LogP contribution < -0.4 is 10.7 Å². The molecule has 1 saturated carbocycles.